The Balaban J connectivity index is 2.27. The van der Waals surface area contributed by atoms with Crippen molar-refractivity contribution in [3.63, 3.8) is 0 Å². The number of hydrogen-bond acceptors (Lipinski definition) is 6. The molecule has 1 rings (SSSR count). The molecule has 1 aromatic heterocycles. The predicted molar refractivity (Wildman–Crippen MR) is 76.4 cm³/mol. The fraction of sp³-hybridized carbons (Fsp3) is 0.692. The number of nitrogens with one attached hydrogen (secondary N) is 1. The Morgan fingerprint density at radius 3 is 2.74 bits per heavy atom. The molecular weight excluding hydrogens is 244 g/mol. The lowest BCUT2D eigenvalue weighted by Gasteiger charge is -2.11. The van der Waals surface area contributed by atoms with Crippen LogP contribution in [-0.2, 0) is 4.74 Å². The van der Waals surface area contributed by atoms with Crippen molar-refractivity contribution in [2.75, 3.05) is 37.4 Å². The van der Waals surface area contributed by atoms with Crippen LogP contribution in [0.3, 0.4) is 0 Å². The Kier molecular flexibility index (Phi) is 7.65. The topological polar surface area (TPSA) is 82.3 Å². The van der Waals surface area contributed by atoms with Gasteiger partial charge in [0.25, 0.3) is 0 Å². The van der Waals surface area contributed by atoms with Crippen LogP contribution in [0.4, 0.5) is 11.5 Å². The number of rotatable bonds is 10. The largest absolute Gasteiger partial charge is 0.476 e. The van der Waals surface area contributed by atoms with E-state index in [0.717, 1.165) is 39.0 Å². The van der Waals surface area contributed by atoms with Gasteiger partial charge < -0.3 is 20.5 Å². The first-order chi connectivity index (χ1) is 9.29. The molecule has 0 bridgehead atoms. The van der Waals surface area contributed by atoms with Crippen LogP contribution in [0.25, 0.3) is 0 Å². The molecule has 1 aromatic rings. The van der Waals surface area contributed by atoms with Crippen LogP contribution in [-0.4, -0.2) is 36.3 Å². The lowest BCUT2D eigenvalue weighted by molar-refractivity contribution is 0.131. The second-order valence-corrected chi connectivity index (χ2v) is 4.12. The maximum Gasteiger partial charge on any atom is 0.242 e. The second-order valence-electron chi connectivity index (χ2n) is 4.12. The second kappa shape index (κ2) is 9.38. The van der Waals surface area contributed by atoms with E-state index in [9.17, 15) is 0 Å². The summed E-state index contributed by atoms with van der Waals surface area (Å²) in [6, 6.07) is 0. The van der Waals surface area contributed by atoms with Crippen molar-refractivity contribution in [2.24, 2.45) is 0 Å². The van der Waals surface area contributed by atoms with Gasteiger partial charge >= 0.3 is 0 Å². The molecular formula is C13H24N4O2. The minimum Gasteiger partial charge on any atom is -0.476 e. The van der Waals surface area contributed by atoms with Gasteiger partial charge in [0, 0.05) is 19.8 Å². The maximum atomic E-state index is 5.91. The van der Waals surface area contributed by atoms with E-state index in [4.69, 9.17) is 15.2 Å². The smallest absolute Gasteiger partial charge is 0.242 e. The van der Waals surface area contributed by atoms with Crippen LogP contribution >= 0.6 is 0 Å². The van der Waals surface area contributed by atoms with Crippen LogP contribution in [0.2, 0.25) is 0 Å². The molecule has 0 saturated carbocycles. The Labute approximate surface area is 114 Å². The third-order valence-corrected chi connectivity index (χ3v) is 2.53. The molecule has 0 aromatic carbocycles. The van der Waals surface area contributed by atoms with Gasteiger partial charge in [-0.3, -0.25) is 0 Å². The van der Waals surface area contributed by atoms with Crippen molar-refractivity contribution in [3.05, 3.63) is 6.33 Å². The summed E-state index contributed by atoms with van der Waals surface area (Å²) in [5.41, 5.74) is 6.36. The molecule has 6 nitrogen and oxygen atoms in total. The lowest BCUT2D eigenvalue weighted by atomic mass is 10.3. The lowest BCUT2D eigenvalue weighted by Crippen LogP contribution is -2.10. The minimum atomic E-state index is 0.430. The summed E-state index contributed by atoms with van der Waals surface area (Å²) >= 11 is 0. The van der Waals surface area contributed by atoms with Gasteiger partial charge in [-0.15, -0.1) is 0 Å². The summed E-state index contributed by atoms with van der Waals surface area (Å²) in [6.07, 6.45) is 4.64. The van der Waals surface area contributed by atoms with Crippen molar-refractivity contribution < 1.29 is 9.47 Å². The summed E-state index contributed by atoms with van der Waals surface area (Å²) in [7, 11) is 0. The zero-order chi connectivity index (χ0) is 13.9. The van der Waals surface area contributed by atoms with Gasteiger partial charge in [0.15, 0.2) is 5.82 Å². The van der Waals surface area contributed by atoms with E-state index in [0.29, 0.717) is 24.0 Å². The highest BCUT2D eigenvalue weighted by atomic mass is 16.5. The Morgan fingerprint density at radius 1 is 1.21 bits per heavy atom. The molecule has 0 aliphatic heterocycles. The minimum absolute atomic E-state index is 0.430. The van der Waals surface area contributed by atoms with Crippen molar-refractivity contribution in [1.82, 2.24) is 9.97 Å². The molecule has 0 amide bonds. The summed E-state index contributed by atoms with van der Waals surface area (Å²) in [5.74, 6) is 1.05. The number of aromatic nitrogens is 2. The highest BCUT2D eigenvalue weighted by Gasteiger charge is 2.07. The van der Waals surface area contributed by atoms with Crippen LogP contribution in [0.5, 0.6) is 5.88 Å². The van der Waals surface area contributed by atoms with E-state index >= 15 is 0 Å². The van der Waals surface area contributed by atoms with Gasteiger partial charge in [-0.2, -0.15) is 4.98 Å². The fourth-order valence-corrected chi connectivity index (χ4v) is 1.50. The van der Waals surface area contributed by atoms with Gasteiger partial charge in [0.05, 0.1) is 6.61 Å². The Bertz CT molecular complexity index is 360. The van der Waals surface area contributed by atoms with Gasteiger partial charge in [-0.1, -0.05) is 13.3 Å². The monoisotopic (exact) mass is 268 g/mol. The molecule has 0 radical (unpaired) electrons. The first-order valence-corrected chi connectivity index (χ1v) is 6.84. The van der Waals surface area contributed by atoms with Gasteiger partial charge in [-0.25, -0.2) is 4.98 Å². The summed E-state index contributed by atoms with van der Waals surface area (Å²) in [6.45, 7) is 6.92. The number of anilines is 2. The number of ether oxygens (including phenoxy) is 2. The summed E-state index contributed by atoms with van der Waals surface area (Å²) in [4.78, 5) is 8.08. The van der Waals surface area contributed by atoms with Crippen molar-refractivity contribution >= 4 is 11.5 Å². The van der Waals surface area contributed by atoms with Crippen molar-refractivity contribution in [1.29, 1.82) is 0 Å². The van der Waals surface area contributed by atoms with Crippen LogP contribution < -0.4 is 15.8 Å². The van der Waals surface area contributed by atoms with E-state index in [1.807, 2.05) is 6.92 Å². The quantitative estimate of drug-likeness (QED) is 0.632. The third-order valence-electron chi connectivity index (χ3n) is 2.53. The molecule has 0 aliphatic carbocycles. The van der Waals surface area contributed by atoms with Gasteiger partial charge in [0.1, 0.15) is 12.0 Å². The zero-order valence-electron chi connectivity index (χ0n) is 11.8. The number of nitrogens with zero attached hydrogens (tertiary/aromatic N) is 2. The Hall–Kier alpha value is -1.56. The average molecular weight is 268 g/mol. The normalized spacial score (nSPS) is 10.4. The first-order valence-electron chi connectivity index (χ1n) is 6.84. The van der Waals surface area contributed by atoms with Crippen LogP contribution in [0.1, 0.15) is 33.1 Å². The molecule has 108 valence electrons. The molecule has 1 heterocycles. The van der Waals surface area contributed by atoms with E-state index in [2.05, 4.69) is 22.2 Å². The average Bonchev–Trinajstić information content (AvgIpc) is 2.42. The molecule has 0 spiro atoms. The van der Waals surface area contributed by atoms with E-state index in [1.54, 1.807) is 0 Å². The van der Waals surface area contributed by atoms with Gasteiger partial charge in [-0.05, 0) is 19.8 Å². The number of hydrogen-bond donors (Lipinski definition) is 2. The molecule has 0 saturated heterocycles. The molecule has 0 unspecified atom stereocenters. The Morgan fingerprint density at radius 2 is 2.00 bits per heavy atom. The van der Waals surface area contributed by atoms with E-state index < -0.39 is 0 Å². The maximum absolute atomic E-state index is 5.91. The molecule has 3 N–H and O–H groups in total. The molecule has 6 heteroatoms. The third kappa shape index (κ3) is 5.74. The molecule has 19 heavy (non-hydrogen) atoms. The molecule has 0 atom stereocenters. The van der Waals surface area contributed by atoms with E-state index in [1.165, 1.54) is 6.33 Å². The van der Waals surface area contributed by atoms with Crippen molar-refractivity contribution in [2.45, 2.75) is 33.1 Å². The highest BCUT2D eigenvalue weighted by Crippen LogP contribution is 2.24. The number of nitrogen functional groups attached to an aromatic ring is 1. The van der Waals surface area contributed by atoms with Gasteiger partial charge in [0.2, 0.25) is 5.88 Å². The fourth-order valence-electron chi connectivity index (χ4n) is 1.50. The van der Waals surface area contributed by atoms with Crippen LogP contribution in [0, 0.1) is 0 Å². The zero-order valence-corrected chi connectivity index (χ0v) is 11.8. The summed E-state index contributed by atoms with van der Waals surface area (Å²) < 4.78 is 10.8. The van der Waals surface area contributed by atoms with E-state index in [-0.39, 0.29) is 0 Å². The first kappa shape index (κ1) is 15.5. The molecule has 0 fully saturated rings. The standard InChI is InChI=1S/C13H24N4O2/c1-3-5-8-18-9-6-7-15-12-11(14)13(19-4-2)17-10-16-12/h10H,3-9,14H2,1-2H3,(H,15,16,17). The molecule has 0 aliphatic rings. The highest BCUT2D eigenvalue weighted by molar-refractivity contribution is 5.66. The number of nitrogens with two attached hydrogens (primary N) is 1. The van der Waals surface area contributed by atoms with Crippen molar-refractivity contribution in [3.8, 4) is 5.88 Å². The number of unbranched alkanes of at least 4 members (excludes halogenated alkanes) is 1. The summed E-state index contributed by atoms with van der Waals surface area (Å²) in [5, 5.41) is 3.17. The van der Waals surface area contributed by atoms with Crippen LogP contribution in [0.15, 0.2) is 6.33 Å². The SMILES string of the molecule is CCCCOCCCNc1ncnc(OCC)c1N. The predicted octanol–water partition coefficient (Wildman–Crippen LogP) is 2.08.